The molecule has 3 N–H and O–H groups in total. The number of aromatic nitrogens is 1. The van der Waals surface area contributed by atoms with Crippen LogP contribution in [0.5, 0.6) is 0 Å². The zero-order valence-corrected chi connectivity index (χ0v) is 12.7. The van der Waals surface area contributed by atoms with E-state index in [1.165, 1.54) is 25.7 Å². The Morgan fingerprint density at radius 2 is 2.10 bits per heavy atom. The van der Waals surface area contributed by atoms with Crippen LogP contribution in [0.4, 0.5) is 11.4 Å². The van der Waals surface area contributed by atoms with Crippen LogP contribution in [0.1, 0.15) is 25.7 Å². The van der Waals surface area contributed by atoms with E-state index in [9.17, 15) is 0 Å². The molecule has 1 aromatic heterocycles. The first-order valence-corrected chi connectivity index (χ1v) is 7.82. The topological polar surface area (TPSA) is 54.2 Å². The lowest BCUT2D eigenvalue weighted by Gasteiger charge is -2.24. The fraction of sp³-hybridized carbons (Fsp3) is 0.471. The van der Waals surface area contributed by atoms with Crippen LogP contribution in [-0.2, 0) is 0 Å². The molecule has 1 aromatic carbocycles. The van der Waals surface area contributed by atoms with Gasteiger partial charge in [-0.05, 0) is 44.2 Å². The minimum Gasteiger partial charge on any atom is -0.399 e. The zero-order chi connectivity index (χ0) is 14.7. The summed E-state index contributed by atoms with van der Waals surface area (Å²) in [5, 5.41) is 4.67. The Morgan fingerprint density at radius 3 is 2.90 bits per heavy atom. The molecule has 0 atom stereocenters. The van der Waals surface area contributed by atoms with Crippen molar-refractivity contribution in [2.75, 3.05) is 31.2 Å². The van der Waals surface area contributed by atoms with Gasteiger partial charge < -0.3 is 16.0 Å². The third-order valence-electron chi connectivity index (χ3n) is 4.49. The molecule has 1 fully saturated rings. The van der Waals surface area contributed by atoms with Crippen molar-refractivity contribution in [1.82, 2.24) is 9.88 Å². The normalized spacial score (nSPS) is 15.9. The van der Waals surface area contributed by atoms with Gasteiger partial charge in [-0.25, -0.2) is 0 Å². The van der Waals surface area contributed by atoms with Gasteiger partial charge in [0, 0.05) is 42.1 Å². The van der Waals surface area contributed by atoms with Crippen molar-refractivity contribution in [3.8, 4) is 0 Å². The van der Waals surface area contributed by atoms with Crippen molar-refractivity contribution in [2.24, 2.45) is 0 Å². The minimum atomic E-state index is 0.758. The predicted molar refractivity (Wildman–Crippen MR) is 89.5 cm³/mol. The Hall–Kier alpha value is -1.81. The molecule has 4 heteroatoms. The van der Waals surface area contributed by atoms with E-state index < -0.39 is 0 Å². The molecule has 1 aliphatic carbocycles. The van der Waals surface area contributed by atoms with Crippen molar-refractivity contribution < 1.29 is 0 Å². The molecule has 0 amide bonds. The second kappa shape index (κ2) is 6.31. The largest absolute Gasteiger partial charge is 0.399 e. The molecule has 2 aromatic rings. The highest BCUT2D eigenvalue weighted by Crippen LogP contribution is 2.24. The van der Waals surface area contributed by atoms with Gasteiger partial charge in [-0.15, -0.1) is 0 Å². The number of fused-ring (bicyclic) bond motifs is 1. The lowest BCUT2D eigenvalue weighted by molar-refractivity contribution is 0.254. The molecule has 1 aliphatic rings. The maximum Gasteiger partial charge on any atom is 0.0743 e. The lowest BCUT2D eigenvalue weighted by atomic mass is 10.1. The fourth-order valence-electron chi connectivity index (χ4n) is 3.21. The van der Waals surface area contributed by atoms with Crippen LogP contribution in [-0.4, -0.2) is 36.1 Å². The van der Waals surface area contributed by atoms with Gasteiger partial charge in [0.1, 0.15) is 0 Å². The zero-order valence-electron chi connectivity index (χ0n) is 12.7. The Kier molecular flexibility index (Phi) is 4.25. The summed E-state index contributed by atoms with van der Waals surface area (Å²) in [6.45, 7) is 2.03. The highest BCUT2D eigenvalue weighted by molar-refractivity contribution is 5.92. The molecule has 0 spiro atoms. The van der Waals surface area contributed by atoms with E-state index >= 15 is 0 Å². The van der Waals surface area contributed by atoms with E-state index in [1.807, 2.05) is 30.5 Å². The van der Waals surface area contributed by atoms with E-state index in [1.54, 1.807) is 0 Å². The first kappa shape index (κ1) is 14.1. The van der Waals surface area contributed by atoms with Crippen LogP contribution in [0.3, 0.4) is 0 Å². The molecule has 0 radical (unpaired) electrons. The first-order valence-electron chi connectivity index (χ1n) is 7.82. The number of nitrogens with one attached hydrogen (secondary N) is 1. The van der Waals surface area contributed by atoms with Gasteiger partial charge in [-0.3, -0.25) is 4.98 Å². The van der Waals surface area contributed by atoms with Gasteiger partial charge in [0.15, 0.2) is 0 Å². The number of likely N-dealkylation sites (N-methyl/N-ethyl adjacent to an activating group) is 1. The fourth-order valence-corrected chi connectivity index (χ4v) is 3.21. The lowest BCUT2D eigenvalue weighted by Crippen LogP contribution is -2.33. The minimum absolute atomic E-state index is 0.758. The molecule has 0 saturated heterocycles. The van der Waals surface area contributed by atoms with Crippen molar-refractivity contribution >= 4 is 22.3 Å². The van der Waals surface area contributed by atoms with Gasteiger partial charge in [0.25, 0.3) is 0 Å². The number of hydrogen-bond acceptors (Lipinski definition) is 4. The van der Waals surface area contributed by atoms with Crippen molar-refractivity contribution in [2.45, 2.75) is 31.7 Å². The molecule has 0 aliphatic heterocycles. The summed E-state index contributed by atoms with van der Waals surface area (Å²) >= 11 is 0. The second-order valence-electron chi connectivity index (χ2n) is 5.98. The van der Waals surface area contributed by atoms with Crippen LogP contribution >= 0.6 is 0 Å². The molecular weight excluding hydrogens is 260 g/mol. The van der Waals surface area contributed by atoms with Crippen molar-refractivity contribution in [3.63, 3.8) is 0 Å². The summed E-state index contributed by atoms with van der Waals surface area (Å²) in [7, 11) is 2.24. The number of nitrogens with two attached hydrogens (primary N) is 1. The third-order valence-corrected chi connectivity index (χ3v) is 4.49. The summed E-state index contributed by atoms with van der Waals surface area (Å²) < 4.78 is 0. The SMILES string of the molecule is CN(CCNc1ccnc2cc(N)ccc12)C1CCCC1. The van der Waals surface area contributed by atoms with E-state index in [-0.39, 0.29) is 0 Å². The molecule has 1 heterocycles. The van der Waals surface area contributed by atoms with Gasteiger partial charge in [0.2, 0.25) is 0 Å². The van der Waals surface area contributed by atoms with Crippen LogP contribution in [0.25, 0.3) is 10.9 Å². The van der Waals surface area contributed by atoms with Crippen LogP contribution in [0.2, 0.25) is 0 Å². The van der Waals surface area contributed by atoms with E-state index in [4.69, 9.17) is 5.73 Å². The molecule has 21 heavy (non-hydrogen) atoms. The van der Waals surface area contributed by atoms with Crippen molar-refractivity contribution in [1.29, 1.82) is 0 Å². The molecule has 1 saturated carbocycles. The summed E-state index contributed by atoms with van der Waals surface area (Å²) in [4.78, 5) is 6.87. The maximum atomic E-state index is 5.82. The highest BCUT2D eigenvalue weighted by Gasteiger charge is 2.18. The number of nitrogens with zero attached hydrogens (tertiary/aromatic N) is 2. The first-order chi connectivity index (χ1) is 10.2. The molecule has 112 valence electrons. The maximum absolute atomic E-state index is 5.82. The smallest absolute Gasteiger partial charge is 0.0743 e. The Labute approximate surface area is 126 Å². The van der Waals surface area contributed by atoms with Gasteiger partial charge >= 0.3 is 0 Å². The molecule has 0 bridgehead atoms. The number of nitrogen functional groups attached to an aromatic ring is 1. The van der Waals surface area contributed by atoms with Crippen LogP contribution < -0.4 is 11.1 Å². The van der Waals surface area contributed by atoms with Gasteiger partial charge in [-0.2, -0.15) is 0 Å². The molecular formula is C17H24N4. The van der Waals surface area contributed by atoms with E-state index in [0.29, 0.717) is 0 Å². The summed E-state index contributed by atoms with van der Waals surface area (Å²) in [5.41, 5.74) is 8.66. The monoisotopic (exact) mass is 284 g/mol. The molecule has 3 rings (SSSR count). The Bertz CT molecular complexity index is 605. The number of benzene rings is 1. The Morgan fingerprint density at radius 1 is 1.29 bits per heavy atom. The van der Waals surface area contributed by atoms with Crippen LogP contribution in [0.15, 0.2) is 30.5 Å². The van der Waals surface area contributed by atoms with Crippen LogP contribution in [0, 0.1) is 0 Å². The van der Waals surface area contributed by atoms with E-state index in [0.717, 1.165) is 41.4 Å². The number of pyridine rings is 1. The van der Waals surface area contributed by atoms with Gasteiger partial charge in [0.05, 0.1) is 5.52 Å². The average Bonchev–Trinajstić information content (AvgIpc) is 3.01. The third kappa shape index (κ3) is 3.27. The second-order valence-corrected chi connectivity index (χ2v) is 5.98. The van der Waals surface area contributed by atoms with Crippen molar-refractivity contribution in [3.05, 3.63) is 30.5 Å². The summed E-state index contributed by atoms with van der Waals surface area (Å²) in [6.07, 6.45) is 7.32. The number of hydrogen-bond donors (Lipinski definition) is 2. The number of rotatable bonds is 5. The summed E-state index contributed by atoms with van der Waals surface area (Å²) in [5.74, 6) is 0. The summed E-state index contributed by atoms with van der Waals surface area (Å²) in [6, 6.07) is 8.71. The van der Waals surface area contributed by atoms with E-state index in [2.05, 4.69) is 22.2 Å². The molecule has 4 nitrogen and oxygen atoms in total. The average molecular weight is 284 g/mol. The molecule has 0 unspecified atom stereocenters. The predicted octanol–water partition coefficient (Wildman–Crippen LogP) is 3.10. The van der Waals surface area contributed by atoms with Gasteiger partial charge in [-0.1, -0.05) is 12.8 Å². The standard InChI is InChI=1S/C17H24N4/c1-21(14-4-2-3-5-14)11-10-20-16-8-9-19-17-12-13(18)6-7-15(16)17/h6-9,12,14H,2-5,10-11,18H2,1H3,(H,19,20). The number of anilines is 2. The quantitative estimate of drug-likeness (QED) is 0.828. The highest BCUT2D eigenvalue weighted by atomic mass is 15.1. The Balaban J connectivity index is 1.62.